The fourth-order valence-electron chi connectivity index (χ4n) is 1.35. The topological polar surface area (TPSA) is 0 Å². The zero-order valence-electron chi connectivity index (χ0n) is 8.61. The van der Waals surface area contributed by atoms with Gasteiger partial charge in [0.1, 0.15) is 0 Å². The first-order valence-electron chi connectivity index (χ1n) is 4.87. The summed E-state index contributed by atoms with van der Waals surface area (Å²) in [4.78, 5) is 0. The summed E-state index contributed by atoms with van der Waals surface area (Å²) in [6.07, 6.45) is 19.6. The summed E-state index contributed by atoms with van der Waals surface area (Å²) < 4.78 is 0. The van der Waals surface area contributed by atoms with Gasteiger partial charge in [-0.25, -0.2) is 0 Å². The second kappa shape index (κ2) is 5.98. The standard InChI is InChI=1S/C14H16/c1-3-9-13(10-4-2)14-11-7-5-6-8-12-14/h3-7,9-12H,1,8H2,2H3/b10-4-,13-9+. The predicted molar refractivity (Wildman–Crippen MR) is 64.1 cm³/mol. The molecule has 14 heavy (non-hydrogen) atoms. The molecule has 0 radical (unpaired) electrons. The van der Waals surface area contributed by atoms with Gasteiger partial charge in [0.05, 0.1) is 0 Å². The lowest BCUT2D eigenvalue weighted by Crippen LogP contribution is -1.82. The van der Waals surface area contributed by atoms with E-state index in [1.807, 2.05) is 25.2 Å². The SMILES string of the molecule is C=C/C=C(\C=C/C)C1=CCC=CC=C1. The molecule has 0 saturated carbocycles. The minimum absolute atomic E-state index is 0.994. The van der Waals surface area contributed by atoms with Crippen LogP contribution in [0.5, 0.6) is 0 Å². The third kappa shape index (κ3) is 3.06. The van der Waals surface area contributed by atoms with Crippen molar-refractivity contribution in [2.45, 2.75) is 13.3 Å². The Kier molecular flexibility index (Phi) is 4.49. The lowest BCUT2D eigenvalue weighted by Gasteiger charge is -2.01. The minimum Gasteiger partial charge on any atom is -0.0990 e. The Morgan fingerprint density at radius 3 is 3.00 bits per heavy atom. The molecule has 0 saturated heterocycles. The Morgan fingerprint density at radius 2 is 2.29 bits per heavy atom. The molecule has 0 unspecified atom stereocenters. The summed E-state index contributed by atoms with van der Waals surface area (Å²) >= 11 is 0. The van der Waals surface area contributed by atoms with E-state index in [1.54, 1.807) is 0 Å². The van der Waals surface area contributed by atoms with Crippen LogP contribution in [0.2, 0.25) is 0 Å². The molecular weight excluding hydrogens is 168 g/mol. The molecule has 0 nitrogen and oxygen atoms in total. The number of hydrogen-bond acceptors (Lipinski definition) is 0. The fraction of sp³-hybridized carbons (Fsp3) is 0.143. The van der Waals surface area contributed by atoms with Crippen LogP contribution in [0.15, 0.2) is 72.4 Å². The normalized spacial score (nSPS) is 16.9. The number of rotatable bonds is 3. The van der Waals surface area contributed by atoms with Crippen molar-refractivity contribution in [2.24, 2.45) is 0 Å². The molecule has 0 atom stereocenters. The van der Waals surface area contributed by atoms with E-state index in [0.29, 0.717) is 0 Å². The molecule has 1 aliphatic carbocycles. The predicted octanol–water partition coefficient (Wildman–Crippen LogP) is 4.12. The van der Waals surface area contributed by atoms with Crippen LogP contribution in [0.25, 0.3) is 0 Å². The molecule has 1 rings (SSSR count). The van der Waals surface area contributed by atoms with Crippen molar-refractivity contribution < 1.29 is 0 Å². The van der Waals surface area contributed by atoms with E-state index in [9.17, 15) is 0 Å². The molecule has 0 bridgehead atoms. The first-order valence-corrected chi connectivity index (χ1v) is 4.87. The maximum Gasteiger partial charge on any atom is -0.0157 e. The van der Waals surface area contributed by atoms with Crippen molar-refractivity contribution in [3.05, 3.63) is 72.4 Å². The Balaban J connectivity index is 2.94. The van der Waals surface area contributed by atoms with E-state index >= 15 is 0 Å². The van der Waals surface area contributed by atoms with Crippen LogP contribution in [0.3, 0.4) is 0 Å². The van der Waals surface area contributed by atoms with Crippen molar-refractivity contribution in [3.63, 3.8) is 0 Å². The van der Waals surface area contributed by atoms with Crippen molar-refractivity contribution in [3.8, 4) is 0 Å². The van der Waals surface area contributed by atoms with Crippen molar-refractivity contribution >= 4 is 0 Å². The molecule has 0 aliphatic heterocycles. The van der Waals surface area contributed by atoms with Crippen LogP contribution in [-0.2, 0) is 0 Å². The monoisotopic (exact) mass is 184 g/mol. The first kappa shape index (κ1) is 10.5. The van der Waals surface area contributed by atoms with Gasteiger partial charge in [-0.2, -0.15) is 0 Å². The average molecular weight is 184 g/mol. The quantitative estimate of drug-likeness (QED) is 0.579. The molecule has 72 valence electrons. The van der Waals surface area contributed by atoms with Crippen molar-refractivity contribution in [2.75, 3.05) is 0 Å². The van der Waals surface area contributed by atoms with E-state index < -0.39 is 0 Å². The summed E-state index contributed by atoms with van der Waals surface area (Å²) in [7, 11) is 0. The third-order valence-electron chi connectivity index (χ3n) is 1.97. The summed E-state index contributed by atoms with van der Waals surface area (Å²) in [5.74, 6) is 0. The molecule has 0 heteroatoms. The highest BCUT2D eigenvalue weighted by Crippen LogP contribution is 2.16. The van der Waals surface area contributed by atoms with Crippen LogP contribution < -0.4 is 0 Å². The van der Waals surface area contributed by atoms with E-state index in [1.165, 1.54) is 11.1 Å². The number of allylic oxidation sites excluding steroid dienone is 11. The summed E-state index contributed by atoms with van der Waals surface area (Å²) in [6.45, 7) is 5.75. The fourth-order valence-corrected chi connectivity index (χ4v) is 1.35. The van der Waals surface area contributed by atoms with Crippen LogP contribution in [0.4, 0.5) is 0 Å². The van der Waals surface area contributed by atoms with Gasteiger partial charge in [-0.1, -0.05) is 61.3 Å². The van der Waals surface area contributed by atoms with Gasteiger partial charge in [-0.3, -0.25) is 0 Å². The first-order chi connectivity index (χ1) is 6.88. The molecule has 0 amide bonds. The Labute approximate surface area is 86.3 Å². The van der Waals surface area contributed by atoms with Gasteiger partial charge >= 0.3 is 0 Å². The van der Waals surface area contributed by atoms with E-state index in [4.69, 9.17) is 0 Å². The van der Waals surface area contributed by atoms with Gasteiger partial charge in [-0.05, 0) is 24.5 Å². The lowest BCUT2D eigenvalue weighted by molar-refractivity contribution is 1.36. The van der Waals surface area contributed by atoms with Crippen LogP contribution in [0.1, 0.15) is 13.3 Å². The van der Waals surface area contributed by atoms with E-state index in [-0.39, 0.29) is 0 Å². The highest BCUT2D eigenvalue weighted by Gasteiger charge is 1.97. The van der Waals surface area contributed by atoms with Crippen LogP contribution >= 0.6 is 0 Å². The van der Waals surface area contributed by atoms with Gasteiger partial charge in [0.25, 0.3) is 0 Å². The summed E-state index contributed by atoms with van der Waals surface area (Å²) in [5.41, 5.74) is 2.47. The molecule has 0 heterocycles. The second-order valence-electron chi connectivity index (χ2n) is 3.04. The van der Waals surface area contributed by atoms with Gasteiger partial charge in [0.15, 0.2) is 0 Å². The molecule has 0 aromatic rings. The van der Waals surface area contributed by atoms with Gasteiger partial charge in [-0.15, -0.1) is 0 Å². The molecule has 0 fully saturated rings. The maximum atomic E-state index is 3.72. The minimum atomic E-state index is 0.994. The third-order valence-corrected chi connectivity index (χ3v) is 1.97. The van der Waals surface area contributed by atoms with E-state index in [2.05, 4.69) is 43.0 Å². The molecule has 0 aromatic carbocycles. The molecule has 0 spiro atoms. The highest BCUT2D eigenvalue weighted by molar-refractivity contribution is 5.49. The zero-order chi connectivity index (χ0) is 10.2. The smallest absolute Gasteiger partial charge is 0.0157 e. The van der Waals surface area contributed by atoms with Crippen LogP contribution in [-0.4, -0.2) is 0 Å². The van der Waals surface area contributed by atoms with Gasteiger partial charge in [0, 0.05) is 0 Å². The average Bonchev–Trinajstić information content (AvgIpc) is 2.45. The highest BCUT2D eigenvalue weighted by atomic mass is 14.0. The Hall–Kier alpha value is -1.56. The van der Waals surface area contributed by atoms with Crippen molar-refractivity contribution in [1.82, 2.24) is 0 Å². The maximum absolute atomic E-state index is 3.72. The molecule has 1 aliphatic rings. The molecular formula is C14H16. The summed E-state index contributed by atoms with van der Waals surface area (Å²) in [6, 6.07) is 0. The second-order valence-corrected chi connectivity index (χ2v) is 3.04. The summed E-state index contributed by atoms with van der Waals surface area (Å²) in [5, 5.41) is 0. The molecule has 0 N–H and O–H groups in total. The van der Waals surface area contributed by atoms with E-state index in [0.717, 1.165) is 6.42 Å². The molecule has 0 aromatic heterocycles. The lowest BCUT2D eigenvalue weighted by atomic mass is 10.0. The number of hydrogen-bond donors (Lipinski definition) is 0. The largest absolute Gasteiger partial charge is 0.0990 e. The van der Waals surface area contributed by atoms with Gasteiger partial charge < -0.3 is 0 Å². The zero-order valence-corrected chi connectivity index (χ0v) is 8.61. The Bertz CT molecular complexity index is 333. The van der Waals surface area contributed by atoms with Crippen molar-refractivity contribution in [1.29, 1.82) is 0 Å². The Morgan fingerprint density at radius 1 is 1.43 bits per heavy atom. The van der Waals surface area contributed by atoms with Gasteiger partial charge in [0.2, 0.25) is 0 Å². The van der Waals surface area contributed by atoms with Crippen LogP contribution in [0, 0.1) is 0 Å².